The highest BCUT2D eigenvalue weighted by Crippen LogP contribution is 2.29. The van der Waals surface area contributed by atoms with Crippen molar-refractivity contribution in [1.82, 2.24) is 30.1 Å². The van der Waals surface area contributed by atoms with E-state index in [4.69, 9.17) is 5.73 Å². The van der Waals surface area contributed by atoms with Gasteiger partial charge in [-0.25, -0.2) is 0 Å². The Kier molecular flexibility index (Phi) is 5.48. The summed E-state index contributed by atoms with van der Waals surface area (Å²) in [5.41, 5.74) is 9.50. The van der Waals surface area contributed by atoms with Gasteiger partial charge in [0.2, 0.25) is 0 Å². The smallest absolute Gasteiger partial charge is 0.276 e. The van der Waals surface area contributed by atoms with Crippen molar-refractivity contribution in [2.45, 2.75) is 31.7 Å². The molecule has 1 saturated heterocycles. The fourth-order valence-corrected chi connectivity index (χ4v) is 3.83. The number of H-pyrrole nitrogens is 1. The lowest BCUT2D eigenvalue weighted by Gasteiger charge is -2.32. The van der Waals surface area contributed by atoms with E-state index in [2.05, 4.69) is 32.6 Å². The number of aromatic amines is 1. The third kappa shape index (κ3) is 3.96. The van der Waals surface area contributed by atoms with Crippen molar-refractivity contribution in [2.24, 2.45) is 5.73 Å². The topological polar surface area (TPSA) is 106 Å². The predicted octanol–water partition coefficient (Wildman–Crippen LogP) is 1.57. The first kappa shape index (κ1) is 18.4. The van der Waals surface area contributed by atoms with Gasteiger partial charge in [0.15, 0.2) is 5.69 Å². The van der Waals surface area contributed by atoms with E-state index in [9.17, 15) is 4.79 Å². The van der Waals surface area contributed by atoms with Crippen molar-refractivity contribution in [3.8, 4) is 0 Å². The van der Waals surface area contributed by atoms with Crippen LogP contribution in [0.2, 0.25) is 0 Å². The Labute approximate surface area is 163 Å². The molecule has 1 aromatic carbocycles. The second-order valence-corrected chi connectivity index (χ2v) is 7.22. The minimum Gasteiger partial charge on any atom is -0.337 e. The third-order valence-corrected chi connectivity index (χ3v) is 5.22. The number of benzene rings is 1. The Bertz CT molecular complexity index is 918. The van der Waals surface area contributed by atoms with E-state index in [1.54, 1.807) is 10.9 Å². The van der Waals surface area contributed by atoms with Gasteiger partial charge in [-0.1, -0.05) is 35.5 Å². The zero-order chi connectivity index (χ0) is 19.3. The maximum absolute atomic E-state index is 12.9. The van der Waals surface area contributed by atoms with Gasteiger partial charge in [0.25, 0.3) is 5.91 Å². The van der Waals surface area contributed by atoms with Gasteiger partial charge in [0.1, 0.15) is 0 Å². The number of amides is 1. The molecular formula is C20H25N7O. The van der Waals surface area contributed by atoms with Crippen molar-refractivity contribution < 1.29 is 4.79 Å². The highest BCUT2D eigenvalue weighted by atomic mass is 16.2. The first-order chi connectivity index (χ1) is 13.7. The Morgan fingerprint density at radius 2 is 2.14 bits per heavy atom. The second kappa shape index (κ2) is 8.35. The summed E-state index contributed by atoms with van der Waals surface area (Å²) in [6.07, 6.45) is 6.41. The van der Waals surface area contributed by atoms with Crippen LogP contribution in [0.1, 0.15) is 46.1 Å². The average molecular weight is 379 g/mol. The summed E-state index contributed by atoms with van der Waals surface area (Å²) in [6, 6.07) is 10.4. The number of likely N-dealkylation sites (tertiary alicyclic amines) is 1. The molecule has 3 heterocycles. The van der Waals surface area contributed by atoms with Gasteiger partial charge in [0.05, 0.1) is 18.9 Å². The number of aromatic nitrogens is 5. The molecule has 0 bridgehead atoms. The lowest BCUT2D eigenvalue weighted by atomic mass is 9.90. The van der Waals surface area contributed by atoms with Crippen molar-refractivity contribution in [3.63, 3.8) is 0 Å². The number of nitrogens with two attached hydrogens (primary N) is 1. The largest absolute Gasteiger partial charge is 0.337 e. The van der Waals surface area contributed by atoms with Gasteiger partial charge in [-0.15, -0.1) is 5.10 Å². The molecule has 0 spiro atoms. The number of carbonyl (C=O) groups excluding carboxylic acids is 1. The van der Waals surface area contributed by atoms with E-state index in [-0.39, 0.29) is 11.8 Å². The summed E-state index contributed by atoms with van der Waals surface area (Å²) in [4.78, 5) is 14.7. The van der Waals surface area contributed by atoms with Crippen LogP contribution >= 0.6 is 0 Å². The standard InChI is InChI=1S/C20H25N7O/c21-8-10-27-14-18(23-25-27)20(28)26-9-4-7-16(13-26)19-17(12-22-24-19)11-15-5-2-1-3-6-15/h1-3,5-6,12,14,16H,4,7-11,13,21H2,(H,22,24)/t16-/m0/s1. The fraction of sp³-hybridized carbons (Fsp3) is 0.400. The van der Waals surface area contributed by atoms with Gasteiger partial charge < -0.3 is 10.6 Å². The molecule has 0 aliphatic carbocycles. The summed E-state index contributed by atoms with van der Waals surface area (Å²) in [7, 11) is 0. The normalized spacial score (nSPS) is 17.0. The first-order valence-corrected chi connectivity index (χ1v) is 9.70. The Hall–Kier alpha value is -3.00. The molecule has 1 fully saturated rings. The zero-order valence-electron chi connectivity index (χ0n) is 15.8. The fourth-order valence-electron chi connectivity index (χ4n) is 3.83. The van der Waals surface area contributed by atoms with Gasteiger partial charge in [0, 0.05) is 37.7 Å². The van der Waals surface area contributed by atoms with Crippen molar-refractivity contribution in [3.05, 3.63) is 65.2 Å². The molecule has 1 atom stereocenters. The summed E-state index contributed by atoms with van der Waals surface area (Å²) in [5.74, 6) is 0.176. The summed E-state index contributed by atoms with van der Waals surface area (Å²) in [6.45, 7) is 2.42. The first-order valence-electron chi connectivity index (χ1n) is 9.70. The lowest BCUT2D eigenvalue weighted by Crippen LogP contribution is -2.39. The van der Waals surface area contributed by atoms with E-state index in [0.717, 1.165) is 31.5 Å². The van der Waals surface area contributed by atoms with Crippen LogP contribution in [0.4, 0.5) is 0 Å². The van der Waals surface area contributed by atoms with E-state index in [0.29, 0.717) is 25.3 Å². The van der Waals surface area contributed by atoms with Gasteiger partial charge in [-0.3, -0.25) is 14.6 Å². The Balaban J connectivity index is 1.47. The average Bonchev–Trinajstić information content (AvgIpc) is 3.38. The number of carbonyl (C=O) groups is 1. The number of hydrogen-bond acceptors (Lipinski definition) is 5. The van der Waals surface area contributed by atoms with Crippen LogP contribution in [0, 0.1) is 0 Å². The van der Waals surface area contributed by atoms with Crippen molar-refractivity contribution in [1.29, 1.82) is 0 Å². The van der Waals surface area contributed by atoms with E-state index >= 15 is 0 Å². The highest BCUT2D eigenvalue weighted by molar-refractivity contribution is 5.92. The Morgan fingerprint density at radius 1 is 1.29 bits per heavy atom. The summed E-state index contributed by atoms with van der Waals surface area (Å²) in [5, 5.41) is 15.5. The SMILES string of the molecule is NCCn1cc(C(=O)N2CCC[C@H](c3[nH]ncc3Cc3ccccc3)C2)nn1. The minimum absolute atomic E-state index is 0.0721. The van der Waals surface area contributed by atoms with Gasteiger partial charge >= 0.3 is 0 Å². The molecule has 1 amide bonds. The molecule has 0 radical (unpaired) electrons. The number of hydrogen-bond donors (Lipinski definition) is 2. The van der Waals surface area contributed by atoms with Gasteiger partial charge in [-0.2, -0.15) is 5.10 Å². The quantitative estimate of drug-likeness (QED) is 0.676. The molecule has 8 heteroatoms. The molecule has 1 aliphatic heterocycles. The summed E-state index contributed by atoms with van der Waals surface area (Å²) < 4.78 is 1.61. The monoisotopic (exact) mass is 379 g/mol. The molecule has 0 saturated carbocycles. The van der Waals surface area contributed by atoms with Gasteiger partial charge in [-0.05, 0) is 24.0 Å². The molecule has 8 nitrogen and oxygen atoms in total. The van der Waals surface area contributed by atoms with Crippen LogP contribution < -0.4 is 5.73 Å². The van der Waals surface area contributed by atoms with Crippen LogP contribution in [0.3, 0.4) is 0 Å². The zero-order valence-corrected chi connectivity index (χ0v) is 15.8. The molecule has 2 aromatic heterocycles. The van der Waals surface area contributed by atoms with Crippen molar-refractivity contribution >= 4 is 5.91 Å². The van der Waals surface area contributed by atoms with E-state index in [1.165, 1.54) is 11.1 Å². The van der Waals surface area contributed by atoms with E-state index in [1.807, 2.05) is 29.3 Å². The molecule has 146 valence electrons. The minimum atomic E-state index is -0.0721. The number of nitrogens with zero attached hydrogens (tertiary/aromatic N) is 5. The van der Waals surface area contributed by atoms with Crippen LogP contribution in [-0.2, 0) is 13.0 Å². The van der Waals surface area contributed by atoms with Crippen LogP contribution in [0.15, 0.2) is 42.7 Å². The molecule has 4 rings (SSSR count). The van der Waals surface area contributed by atoms with Crippen molar-refractivity contribution in [2.75, 3.05) is 19.6 Å². The molecule has 3 aromatic rings. The molecular weight excluding hydrogens is 354 g/mol. The maximum atomic E-state index is 12.9. The second-order valence-electron chi connectivity index (χ2n) is 7.22. The third-order valence-electron chi connectivity index (χ3n) is 5.22. The predicted molar refractivity (Wildman–Crippen MR) is 105 cm³/mol. The van der Waals surface area contributed by atoms with Crippen LogP contribution in [0.25, 0.3) is 0 Å². The molecule has 28 heavy (non-hydrogen) atoms. The highest BCUT2D eigenvalue weighted by Gasteiger charge is 2.29. The number of rotatable bonds is 6. The number of piperidine rings is 1. The molecule has 0 unspecified atom stereocenters. The Morgan fingerprint density at radius 3 is 2.96 bits per heavy atom. The van der Waals surface area contributed by atoms with E-state index < -0.39 is 0 Å². The van der Waals surface area contributed by atoms with Crippen LogP contribution in [-0.4, -0.2) is 55.6 Å². The maximum Gasteiger partial charge on any atom is 0.276 e. The molecule has 3 N–H and O–H groups in total. The lowest BCUT2D eigenvalue weighted by molar-refractivity contribution is 0.0699. The van der Waals surface area contributed by atoms with Crippen LogP contribution in [0.5, 0.6) is 0 Å². The number of nitrogens with one attached hydrogen (secondary N) is 1. The summed E-state index contributed by atoms with van der Waals surface area (Å²) >= 11 is 0. The molecule has 1 aliphatic rings.